The zero-order valence-electron chi connectivity index (χ0n) is 12.0. The number of aromatic nitrogens is 1. The summed E-state index contributed by atoms with van der Waals surface area (Å²) in [7, 11) is 0. The summed E-state index contributed by atoms with van der Waals surface area (Å²) in [5, 5.41) is 19.8. The predicted molar refractivity (Wildman–Crippen MR) is 86.6 cm³/mol. The lowest BCUT2D eigenvalue weighted by molar-refractivity contribution is 0.0698. The number of aromatic hydroxyl groups is 1. The molecule has 0 bridgehead atoms. The van der Waals surface area contributed by atoms with Crippen LogP contribution in [0.25, 0.3) is 22.7 Å². The molecule has 0 amide bonds. The second-order valence-electron chi connectivity index (χ2n) is 4.93. The summed E-state index contributed by atoms with van der Waals surface area (Å²) in [6, 6.07) is 14.1. The zero-order chi connectivity index (χ0) is 15.7. The molecule has 0 saturated carbocycles. The van der Waals surface area contributed by atoms with Crippen LogP contribution in [-0.2, 0) is 0 Å². The molecule has 4 heteroatoms. The molecule has 3 aromatic rings. The molecule has 0 saturated heterocycles. The number of fused-ring (bicyclic) bond motifs is 1. The van der Waals surface area contributed by atoms with E-state index in [4.69, 9.17) is 0 Å². The highest BCUT2D eigenvalue weighted by Gasteiger charge is 2.20. The number of carboxylic acid groups (broad SMARTS) is 1. The van der Waals surface area contributed by atoms with Crippen molar-refractivity contribution in [3.8, 4) is 11.4 Å². The minimum atomic E-state index is -0.957. The minimum absolute atomic E-state index is 0.172. The van der Waals surface area contributed by atoms with Gasteiger partial charge in [0.1, 0.15) is 5.75 Å². The van der Waals surface area contributed by atoms with Crippen LogP contribution in [0.2, 0.25) is 0 Å². The fourth-order valence-electron chi connectivity index (χ4n) is 2.68. The molecule has 0 aliphatic heterocycles. The first-order valence-electron chi connectivity index (χ1n) is 6.92. The second-order valence-corrected chi connectivity index (χ2v) is 4.93. The monoisotopic (exact) mass is 293 g/mol. The number of rotatable bonds is 3. The van der Waals surface area contributed by atoms with Crippen LogP contribution in [0.1, 0.15) is 23.0 Å². The van der Waals surface area contributed by atoms with E-state index in [9.17, 15) is 15.0 Å². The van der Waals surface area contributed by atoms with Gasteiger partial charge in [-0.05, 0) is 43.3 Å². The van der Waals surface area contributed by atoms with Gasteiger partial charge < -0.3 is 14.8 Å². The molecule has 0 radical (unpaired) electrons. The lowest BCUT2D eigenvalue weighted by atomic mass is 10.1. The van der Waals surface area contributed by atoms with Gasteiger partial charge in [0.25, 0.3) is 0 Å². The maximum Gasteiger partial charge on any atom is 0.338 e. The van der Waals surface area contributed by atoms with Crippen molar-refractivity contribution in [3.05, 3.63) is 65.9 Å². The molecule has 0 aliphatic carbocycles. The normalized spacial score (nSPS) is 11.3. The summed E-state index contributed by atoms with van der Waals surface area (Å²) in [4.78, 5) is 11.7. The Morgan fingerprint density at radius 2 is 1.77 bits per heavy atom. The first-order valence-corrected chi connectivity index (χ1v) is 6.92. The topological polar surface area (TPSA) is 62.5 Å². The number of carbonyl (C=O) groups is 1. The number of benzene rings is 2. The molecule has 22 heavy (non-hydrogen) atoms. The lowest BCUT2D eigenvalue weighted by Crippen LogP contribution is -2.01. The van der Waals surface area contributed by atoms with Crippen LogP contribution in [-0.4, -0.2) is 20.7 Å². The third-order valence-electron chi connectivity index (χ3n) is 3.56. The number of phenolic OH excluding ortho intramolecular Hbond substituents is 1. The summed E-state index contributed by atoms with van der Waals surface area (Å²) in [6.45, 7) is 1.85. The molecule has 0 fully saturated rings. The van der Waals surface area contributed by atoms with Crippen LogP contribution < -0.4 is 0 Å². The lowest BCUT2D eigenvalue weighted by Gasteiger charge is -2.09. The highest BCUT2D eigenvalue weighted by atomic mass is 16.4. The Morgan fingerprint density at radius 3 is 2.41 bits per heavy atom. The Labute approximate surface area is 127 Å². The van der Waals surface area contributed by atoms with Crippen molar-refractivity contribution in [2.24, 2.45) is 0 Å². The molecule has 1 aromatic heterocycles. The highest BCUT2D eigenvalue weighted by molar-refractivity contribution is 6.07. The number of aromatic carboxylic acids is 1. The van der Waals surface area contributed by atoms with E-state index in [0.717, 1.165) is 11.2 Å². The van der Waals surface area contributed by atoms with Gasteiger partial charge in [0.05, 0.1) is 16.8 Å². The molecule has 0 aliphatic rings. The van der Waals surface area contributed by atoms with Gasteiger partial charge in [-0.1, -0.05) is 24.3 Å². The van der Waals surface area contributed by atoms with Crippen LogP contribution in [0, 0.1) is 0 Å². The molecular formula is C18H15NO3. The summed E-state index contributed by atoms with van der Waals surface area (Å²) < 4.78 is 1.89. The van der Waals surface area contributed by atoms with E-state index in [0.29, 0.717) is 11.1 Å². The standard InChI is InChI=1S/C18H15NO3/c1-2-5-16-17(18(21)22)14-6-3-4-7-15(14)19(16)12-8-10-13(20)11-9-12/h2-11,20H,1H3,(H,21,22). The molecule has 2 aromatic carbocycles. The fourth-order valence-corrected chi connectivity index (χ4v) is 2.68. The van der Waals surface area contributed by atoms with Gasteiger partial charge in [-0.3, -0.25) is 0 Å². The number of carboxylic acids is 1. The van der Waals surface area contributed by atoms with Crippen molar-refractivity contribution in [1.82, 2.24) is 4.57 Å². The van der Waals surface area contributed by atoms with Crippen molar-refractivity contribution in [2.45, 2.75) is 6.92 Å². The number of para-hydroxylation sites is 1. The minimum Gasteiger partial charge on any atom is -0.508 e. The van der Waals surface area contributed by atoms with E-state index in [1.807, 2.05) is 41.8 Å². The molecule has 110 valence electrons. The molecule has 0 unspecified atom stereocenters. The maximum absolute atomic E-state index is 11.7. The van der Waals surface area contributed by atoms with E-state index < -0.39 is 5.97 Å². The quantitative estimate of drug-likeness (QED) is 0.765. The van der Waals surface area contributed by atoms with Crippen LogP contribution in [0.5, 0.6) is 5.75 Å². The number of hydrogen-bond acceptors (Lipinski definition) is 2. The van der Waals surface area contributed by atoms with Crippen LogP contribution >= 0.6 is 0 Å². The molecule has 3 rings (SSSR count). The molecule has 4 nitrogen and oxygen atoms in total. The van der Waals surface area contributed by atoms with Gasteiger partial charge in [-0.2, -0.15) is 0 Å². The van der Waals surface area contributed by atoms with Gasteiger partial charge in [0, 0.05) is 11.1 Å². The SMILES string of the molecule is CC=Cc1c(C(=O)O)c2ccccc2n1-c1ccc(O)cc1. The molecule has 0 spiro atoms. The average molecular weight is 293 g/mol. The van der Waals surface area contributed by atoms with Gasteiger partial charge >= 0.3 is 5.97 Å². The van der Waals surface area contributed by atoms with Crippen LogP contribution in [0.4, 0.5) is 0 Å². The summed E-state index contributed by atoms with van der Waals surface area (Å²) in [5.74, 6) is -0.784. The Kier molecular flexibility index (Phi) is 3.43. The number of phenols is 1. The third-order valence-corrected chi connectivity index (χ3v) is 3.56. The fraction of sp³-hybridized carbons (Fsp3) is 0.0556. The van der Waals surface area contributed by atoms with E-state index in [2.05, 4.69) is 0 Å². The summed E-state index contributed by atoms with van der Waals surface area (Å²) in [6.07, 6.45) is 3.61. The maximum atomic E-state index is 11.7. The third kappa shape index (κ3) is 2.15. The van der Waals surface area contributed by atoms with E-state index in [-0.39, 0.29) is 11.3 Å². The number of hydrogen-bond donors (Lipinski definition) is 2. The molecule has 2 N–H and O–H groups in total. The first-order chi connectivity index (χ1) is 10.6. The van der Waals surface area contributed by atoms with Crippen molar-refractivity contribution < 1.29 is 15.0 Å². The summed E-state index contributed by atoms with van der Waals surface area (Å²) in [5.41, 5.74) is 2.51. The van der Waals surface area contributed by atoms with Crippen molar-refractivity contribution in [1.29, 1.82) is 0 Å². The second kappa shape index (κ2) is 5.41. The Morgan fingerprint density at radius 1 is 1.09 bits per heavy atom. The van der Waals surface area contributed by atoms with Gasteiger partial charge in [0.15, 0.2) is 0 Å². The van der Waals surface area contributed by atoms with Gasteiger partial charge in [0.2, 0.25) is 0 Å². The molecule has 0 atom stereocenters. The average Bonchev–Trinajstić information content (AvgIpc) is 2.83. The zero-order valence-corrected chi connectivity index (χ0v) is 12.0. The van der Waals surface area contributed by atoms with E-state index in [1.165, 1.54) is 0 Å². The van der Waals surface area contributed by atoms with E-state index >= 15 is 0 Å². The smallest absolute Gasteiger partial charge is 0.338 e. The Balaban J connectivity index is 2.44. The van der Waals surface area contributed by atoms with Gasteiger partial charge in [-0.25, -0.2) is 4.79 Å². The predicted octanol–water partition coefficient (Wildman–Crippen LogP) is 4.07. The number of nitrogens with zero attached hydrogens (tertiary/aromatic N) is 1. The largest absolute Gasteiger partial charge is 0.508 e. The Hall–Kier alpha value is -3.01. The highest BCUT2D eigenvalue weighted by Crippen LogP contribution is 2.31. The van der Waals surface area contributed by atoms with Crippen molar-refractivity contribution in [3.63, 3.8) is 0 Å². The van der Waals surface area contributed by atoms with Crippen LogP contribution in [0.15, 0.2) is 54.6 Å². The Bertz CT molecular complexity index is 873. The van der Waals surface area contributed by atoms with Crippen molar-refractivity contribution >= 4 is 22.9 Å². The number of allylic oxidation sites excluding steroid dienone is 1. The molecule has 1 heterocycles. The van der Waals surface area contributed by atoms with Gasteiger partial charge in [-0.15, -0.1) is 0 Å². The van der Waals surface area contributed by atoms with Crippen LogP contribution in [0.3, 0.4) is 0 Å². The van der Waals surface area contributed by atoms with Crippen molar-refractivity contribution in [2.75, 3.05) is 0 Å². The first kappa shape index (κ1) is 13.9. The molecular weight excluding hydrogens is 278 g/mol. The van der Waals surface area contributed by atoms with E-state index in [1.54, 1.807) is 30.3 Å². The summed E-state index contributed by atoms with van der Waals surface area (Å²) >= 11 is 0.